The predicted octanol–water partition coefficient (Wildman–Crippen LogP) is 3.21. The lowest BCUT2D eigenvalue weighted by molar-refractivity contribution is 0.176. The zero-order valence-corrected chi connectivity index (χ0v) is 11.2. The summed E-state index contributed by atoms with van der Waals surface area (Å²) in [6, 6.07) is 5.37. The van der Waals surface area contributed by atoms with Crippen LogP contribution in [0.15, 0.2) is 18.2 Å². The van der Waals surface area contributed by atoms with Crippen molar-refractivity contribution in [3.05, 3.63) is 35.1 Å². The average Bonchev–Trinajstić information content (AvgIpc) is 2.85. The molecule has 1 N–H and O–H groups in total. The lowest BCUT2D eigenvalue weighted by Crippen LogP contribution is -2.30. The first-order valence-corrected chi connectivity index (χ1v) is 6.79. The van der Waals surface area contributed by atoms with E-state index in [1.165, 1.54) is 5.56 Å². The van der Waals surface area contributed by atoms with E-state index in [0.717, 1.165) is 38.2 Å². The first-order valence-electron chi connectivity index (χ1n) is 6.79. The Morgan fingerprint density at radius 3 is 2.94 bits per heavy atom. The molecular weight excluding hydrogens is 229 g/mol. The maximum absolute atomic E-state index is 13.2. The van der Waals surface area contributed by atoms with E-state index in [-0.39, 0.29) is 11.9 Å². The number of ether oxygens (including phenoxy) is 1. The molecule has 18 heavy (non-hydrogen) atoms. The van der Waals surface area contributed by atoms with Gasteiger partial charge in [0.05, 0.1) is 6.61 Å². The first-order chi connectivity index (χ1) is 8.72. The monoisotopic (exact) mass is 251 g/mol. The molecule has 2 nitrogen and oxygen atoms in total. The number of nitrogens with one attached hydrogen (secondary N) is 1. The van der Waals surface area contributed by atoms with Crippen LogP contribution >= 0.6 is 0 Å². The Morgan fingerprint density at radius 2 is 2.33 bits per heavy atom. The van der Waals surface area contributed by atoms with Gasteiger partial charge >= 0.3 is 0 Å². The van der Waals surface area contributed by atoms with Gasteiger partial charge in [-0.05, 0) is 49.6 Å². The van der Waals surface area contributed by atoms with Crippen molar-refractivity contribution in [1.82, 2.24) is 5.32 Å². The van der Waals surface area contributed by atoms with Crippen molar-refractivity contribution in [2.24, 2.45) is 5.92 Å². The van der Waals surface area contributed by atoms with Gasteiger partial charge < -0.3 is 10.1 Å². The van der Waals surface area contributed by atoms with E-state index in [1.807, 2.05) is 13.0 Å². The van der Waals surface area contributed by atoms with Gasteiger partial charge in [0.15, 0.2) is 0 Å². The van der Waals surface area contributed by atoms with E-state index in [2.05, 4.69) is 12.2 Å². The molecule has 100 valence electrons. The first kappa shape index (κ1) is 13.5. The molecule has 3 heteroatoms. The van der Waals surface area contributed by atoms with Gasteiger partial charge in [0.25, 0.3) is 0 Å². The Balaban J connectivity index is 2.20. The van der Waals surface area contributed by atoms with Crippen LogP contribution in [-0.4, -0.2) is 19.8 Å². The predicted molar refractivity (Wildman–Crippen MR) is 71.1 cm³/mol. The van der Waals surface area contributed by atoms with Gasteiger partial charge in [-0.3, -0.25) is 0 Å². The molecule has 0 radical (unpaired) electrons. The van der Waals surface area contributed by atoms with Crippen LogP contribution in [0.3, 0.4) is 0 Å². The van der Waals surface area contributed by atoms with Crippen LogP contribution in [-0.2, 0) is 4.74 Å². The zero-order valence-electron chi connectivity index (χ0n) is 11.2. The molecular formula is C15H22FNO. The van der Waals surface area contributed by atoms with E-state index in [0.29, 0.717) is 5.92 Å². The highest BCUT2D eigenvalue weighted by Crippen LogP contribution is 2.30. The molecule has 0 bridgehead atoms. The maximum Gasteiger partial charge on any atom is 0.123 e. The Kier molecular flexibility index (Phi) is 4.72. The van der Waals surface area contributed by atoms with Crippen molar-refractivity contribution in [1.29, 1.82) is 0 Å². The summed E-state index contributed by atoms with van der Waals surface area (Å²) in [5.74, 6) is 0.342. The van der Waals surface area contributed by atoms with Crippen molar-refractivity contribution in [3.63, 3.8) is 0 Å². The molecule has 0 saturated carbocycles. The van der Waals surface area contributed by atoms with Gasteiger partial charge in [0.2, 0.25) is 0 Å². The SMILES string of the molecule is CCCNC(c1ccc(F)cc1C)C1CCOC1. The molecule has 2 atom stereocenters. The number of hydrogen-bond acceptors (Lipinski definition) is 2. The second-order valence-corrected chi connectivity index (χ2v) is 5.06. The molecule has 2 unspecified atom stereocenters. The fourth-order valence-corrected chi connectivity index (χ4v) is 2.63. The van der Waals surface area contributed by atoms with Crippen LogP contribution in [0.2, 0.25) is 0 Å². The Bertz CT molecular complexity index is 388. The smallest absolute Gasteiger partial charge is 0.123 e. The van der Waals surface area contributed by atoms with Crippen molar-refractivity contribution >= 4 is 0 Å². The third-order valence-corrected chi connectivity index (χ3v) is 3.62. The second kappa shape index (κ2) is 6.30. The van der Waals surface area contributed by atoms with Gasteiger partial charge in [0, 0.05) is 18.6 Å². The van der Waals surface area contributed by atoms with E-state index >= 15 is 0 Å². The third kappa shape index (κ3) is 3.09. The van der Waals surface area contributed by atoms with Crippen LogP contribution < -0.4 is 5.32 Å². The van der Waals surface area contributed by atoms with Gasteiger partial charge in [-0.15, -0.1) is 0 Å². The Morgan fingerprint density at radius 1 is 1.50 bits per heavy atom. The minimum atomic E-state index is -0.159. The van der Waals surface area contributed by atoms with Crippen LogP contribution in [0.25, 0.3) is 0 Å². The number of aryl methyl sites for hydroxylation is 1. The molecule has 1 aliphatic heterocycles. The number of benzene rings is 1. The summed E-state index contributed by atoms with van der Waals surface area (Å²) in [6.07, 6.45) is 2.18. The molecule has 2 rings (SSSR count). The average molecular weight is 251 g/mol. The fraction of sp³-hybridized carbons (Fsp3) is 0.600. The topological polar surface area (TPSA) is 21.3 Å². The fourth-order valence-electron chi connectivity index (χ4n) is 2.63. The highest BCUT2D eigenvalue weighted by molar-refractivity contribution is 5.30. The summed E-state index contributed by atoms with van der Waals surface area (Å²) >= 11 is 0. The summed E-state index contributed by atoms with van der Waals surface area (Å²) in [4.78, 5) is 0. The number of rotatable bonds is 5. The zero-order chi connectivity index (χ0) is 13.0. The molecule has 1 aliphatic rings. The van der Waals surface area contributed by atoms with Gasteiger partial charge in [-0.2, -0.15) is 0 Å². The molecule has 1 aromatic carbocycles. The molecule has 0 amide bonds. The van der Waals surface area contributed by atoms with E-state index in [1.54, 1.807) is 12.1 Å². The van der Waals surface area contributed by atoms with Crippen molar-refractivity contribution < 1.29 is 9.13 Å². The highest BCUT2D eigenvalue weighted by Gasteiger charge is 2.27. The quantitative estimate of drug-likeness (QED) is 0.867. The summed E-state index contributed by atoms with van der Waals surface area (Å²) in [7, 11) is 0. The van der Waals surface area contributed by atoms with E-state index < -0.39 is 0 Å². The second-order valence-electron chi connectivity index (χ2n) is 5.06. The number of hydrogen-bond donors (Lipinski definition) is 1. The Labute approximate surface area is 109 Å². The summed E-state index contributed by atoms with van der Waals surface area (Å²) in [5.41, 5.74) is 2.23. The normalized spacial score (nSPS) is 21.2. The van der Waals surface area contributed by atoms with Gasteiger partial charge in [-0.25, -0.2) is 4.39 Å². The third-order valence-electron chi connectivity index (χ3n) is 3.62. The van der Waals surface area contributed by atoms with Crippen LogP contribution in [0.5, 0.6) is 0 Å². The maximum atomic E-state index is 13.2. The molecule has 0 spiro atoms. The molecule has 0 aromatic heterocycles. The molecule has 1 aromatic rings. The molecule has 1 heterocycles. The summed E-state index contributed by atoms with van der Waals surface area (Å²) in [5, 5.41) is 3.59. The summed E-state index contributed by atoms with van der Waals surface area (Å²) in [6.45, 7) is 6.77. The minimum Gasteiger partial charge on any atom is -0.381 e. The van der Waals surface area contributed by atoms with Crippen LogP contribution in [0.4, 0.5) is 4.39 Å². The molecule has 0 aliphatic carbocycles. The van der Waals surface area contributed by atoms with Crippen molar-refractivity contribution in [2.75, 3.05) is 19.8 Å². The standard InChI is InChI=1S/C15H22FNO/c1-3-7-17-15(12-6-8-18-10-12)14-5-4-13(16)9-11(14)2/h4-5,9,12,15,17H,3,6-8,10H2,1-2H3. The van der Waals surface area contributed by atoms with Crippen LogP contribution in [0.1, 0.15) is 36.9 Å². The van der Waals surface area contributed by atoms with Gasteiger partial charge in [0.1, 0.15) is 5.82 Å². The largest absolute Gasteiger partial charge is 0.381 e. The highest BCUT2D eigenvalue weighted by atomic mass is 19.1. The van der Waals surface area contributed by atoms with Crippen molar-refractivity contribution in [2.45, 2.75) is 32.7 Å². The van der Waals surface area contributed by atoms with Gasteiger partial charge in [-0.1, -0.05) is 13.0 Å². The Hall–Kier alpha value is -0.930. The van der Waals surface area contributed by atoms with E-state index in [9.17, 15) is 4.39 Å². The van der Waals surface area contributed by atoms with E-state index in [4.69, 9.17) is 4.74 Å². The summed E-state index contributed by atoms with van der Waals surface area (Å²) < 4.78 is 18.7. The molecule has 1 fully saturated rings. The number of halogens is 1. The molecule has 1 saturated heterocycles. The minimum absolute atomic E-state index is 0.159. The lowest BCUT2D eigenvalue weighted by Gasteiger charge is -2.25. The van der Waals surface area contributed by atoms with Crippen LogP contribution in [0, 0.1) is 18.7 Å². The lowest BCUT2D eigenvalue weighted by atomic mass is 9.89. The van der Waals surface area contributed by atoms with Crippen molar-refractivity contribution in [3.8, 4) is 0 Å².